The number of hydrogen-bond acceptors (Lipinski definition) is 5. The minimum absolute atomic E-state index is 0.160. The molecule has 1 unspecified atom stereocenters. The van der Waals surface area contributed by atoms with Crippen molar-refractivity contribution >= 4 is 41.0 Å². The van der Waals surface area contributed by atoms with Gasteiger partial charge in [-0.25, -0.2) is 4.68 Å². The van der Waals surface area contributed by atoms with Gasteiger partial charge in [-0.3, -0.25) is 19.5 Å². The predicted octanol–water partition coefficient (Wildman–Crippen LogP) is 6.69. The standard InChI is InChI=1S/C34H30ClN5O2S/c1-22-10-8-16-28(23(22)2)40-34-31(32(38-40)25-12-4-3-5-13-25)33(26-14-6-7-15-27(26)35)43-21-30(42)39(34)20-29(41)37-19-24-11-9-17-36-18-24/h3-18,33H,19-21H2,1-2H3,(H,37,41). The van der Waals surface area contributed by atoms with E-state index in [-0.39, 0.29) is 29.4 Å². The molecule has 3 aromatic carbocycles. The van der Waals surface area contributed by atoms with Crippen LogP contribution in [0.1, 0.15) is 33.1 Å². The molecular formula is C34H30ClN5O2S. The lowest BCUT2D eigenvalue weighted by molar-refractivity contribution is -0.123. The number of aryl methyl sites for hydroxylation is 1. The van der Waals surface area contributed by atoms with Gasteiger partial charge in [0.2, 0.25) is 11.8 Å². The van der Waals surface area contributed by atoms with Crippen LogP contribution >= 0.6 is 23.4 Å². The molecule has 2 amide bonds. The van der Waals surface area contributed by atoms with Gasteiger partial charge in [0.1, 0.15) is 12.4 Å². The van der Waals surface area contributed by atoms with Crippen LogP contribution in [-0.2, 0) is 16.1 Å². The molecule has 6 rings (SSSR count). The molecule has 1 atom stereocenters. The number of anilines is 1. The molecule has 0 radical (unpaired) electrons. The number of thioether (sulfide) groups is 1. The van der Waals surface area contributed by atoms with E-state index >= 15 is 0 Å². The Morgan fingerprint density at radius 3 is 2.56 bits per heavy atom. The van der Waals surface area contributed by atoms with Gasteiger partial charge < -0.3 is 5.32 Å². The van der Waals surface area contributed by atoms with Crippen LogP contribution in [-0.4, -0.2) is 38.9 Å². The van der Waals surface area contributed by atoms with Gasteiger partial charge in [-0.2, -0.15) is 5.10 Å². The zero-order chi connectivity index (χ0) is 29.9. The van der Waals surface area contributed by atoms with Gasteiger partial charge in [0, 0.05) is 35.1 Å². The van der Waals surface area contributed by atoms with Gasteiger partial charge in [-0.05, 0) is 54.3 Å². The molecule has 0 aliphatic carbocycles. The van der Waals surface area contributed by atoms with Gasteiger partial charge >= 0.3 is 0 Å². The average Bonchev–Trinajstić information content (AvgIpc) is 3.35. The van der Waals surface area contributed by atoms with Crippen molar-refractivity contribution < 1.29 is 9.59 Å². The van der Waals surface area contributed by atoms with E-state index in [0.717, 1.165) is 44.8 Å². The number of hydrogen-bond donors (Lipinski definition) is 1. The molecule has 0 saturated carbocycles. The maximum absolute atomic E-state index is 14.0. The van der Waals surface area contributed by atoms with Crippen molar-refractivity contribution in [1.82, 2.24) is 20.1 Å². The summed E-state index contributed by atoms with van der Waals surface area (Å²) in [7, 11) is 0. The molecule has 0 bridgehead atoms. The van der Waals surface area contributed by atoms with Crippen molar-refractivity contribution in [3.63, 3.8) is 0 Å². The Balaban J connectivity index is 1.55. The summed E-state index contributed by atoms with van der Waals surface area (Å²) in [4.78, 5) is 33.1. The highest BCUT2D eigenvalue weighted by Gasteiger charge is 2.38. The molecule has 2 aromatic heterocycles. The Labute approximate surface area is 259 Å². The third-order valence-corrected chi connectivity index (χ3v) is 9.22. The van der Waals surface area contributed by atoms with Gasteiger partial charge in [0.15, 0.2) is 0 Å². The minimum atomic E-state index is -0.301. The fourth-order valence-electron chi connectivity index (χ4n) is 5.30. The summed E-state index contributed by atoms with van der Waals surface area (Å²) in [5.74, 6) is 0.285. The summed E-state index contributed by atoms with van der Waals surface area (Å²) in [6, 6.07) is 27.4. The third kappa shape index (κ3) is 5.81. The van der Waals surface area contributed by atoms with Crippen LogP contribution in [0.15, 0.2) is 97.3 Å². The molecule has 1 aliphatic rings. The largest absolute Gasteiger partial charge is 0.350 e. The topological polar surface area (TPSA) is 80.1 Å². The van der Waals surface area contributed by atoms with Crippen LogP contribution in [0.2, 0.25) is 5.02 Å². The van der Waals surface area contributed by atoms with E-state index in [1.54, 1.807) is 17.3 Å². The molecule has 5 aromatic rings. The minimum Gasteiger partial charge on any atom is -0.350 e. The smallest absolute Gasteiger partial charge is 0.240 e. The Kier molecular flexibility index (Phi) is 8.31. The van der Waals surface area contributed by atoms with E-state index in [1.165, 1.54) is 11.8 Å². The maximum atomic E-state index is 14.0. The van der Waals surface area contributed by atoms with Crippen molar-refractivity contribution in [1.29, 1.82) is 0 Å². The Bertz CT molecular complexity index is 1790. The second kappa shape index (κ2) is 12.5. The van der Waals surface area contributed by atoms with E-state index in [2.05, 4.69) is 23.3 Å². The number of rotatable bonds is 7. The molecule has 0 fully saturated rings. The second-order valence-corrected chi connectivity index (χ2v) is 11.9. The van der Waals surface area contributed by atoms with Crippen LogP contribution in [0, 0.1) is 13.8 Å². The van der Waals surface area contributed by atoms with Crippen molar-refractivity contribution in [2.75, 3.05) is 17.2 Å². The third-order valence-electron chi connectivity index (χ3n) is 7.64. The van der Waals surface area contributed by atoms with Gasteiger partial charge in [-0.15, -0.1) is 11.8 Å². The second-order valence-electron chi connectivity index (χ2n) is 10.4. The van der Waals surface area contributed by atoms with Crippen molar-refractivity contribution in [3.05, 3.63) is 130 Å². The molecule has 1 aliphatic heterocycles. The molecule has 216 valence electrons. The summed E-state index contributed by atoms with van der Waals surface area (Å²) in [5, 5.41) is 8.46. The molecule has 0 saturated heterocycles. The van der Waals surface area contributed by atoms with Gasteiger partial charge in [-0.1, -0.05) is 78.3 Å². The number of nitrogens with one attached hydrogen (secondary N) is 1. The lowest BCUT2D eigenvalue weighted by Gasteiger charge is -2.24. The Morgan fingerprint density at radius 1 is 1.00 bits per heavy atom. The Morgan fingerprint density at radius 2 is 1.79 bits per heavy atom. The van der Waals surface area contributed by atoms with E-state index in [4.69, 9.17) is 16.7 Å². The van der Waals surface area contributed by atoms with E-state index in [1.807, 2.05) is 90.5 Å². The lowest BCUT2D eigenvalue weighted by atomic mass is 9.99. The lowest BCUT2D eigenvalue weighted by Crippen LogP contribution is -2.42. The van der Waals surface area contributed by atoms with E-state index in [0.29, 0.717) is 17.4 Å². The van der Waals surface area contributed by atoms with Crippen LogP contribution < -0.4 is 10.2 Å². The summed E-state index contributed by atoms with van der Waals surface area (Å²) in [6.07, 6.45) is 3.40. The zero-order valence-electron chi connectivity index (χ0n) is 23.8. The zero-order valence-corrected chi connectivity index (χ0v) is 25.4. The molecular weight excluding hydrogens is 578 g/mol. The number of aromatic nitrogens is 3. The SMILES string of the molecule is Cc1cccc(-n2nc(-c3ccccc3)c3c2N(CC(=O)NCc2cccnc2)C(=O)CSC3c2ccccc2Cl)c1C. The first kappa shape index (κ1) is 28.7. The number of benzene rings is 3. The van der Waals surface area contributed by atoms with E-state index < -0.39 is 0 Å². The van der Waals surface area contributed by atoms with Crippen molar-refractivity contribution in [3.8, 4) is 16.9 Å². The Hall–Kier alpha value is -4.40. The fraction of sp³-hybridized carbons (Fsp3) is 0.176. The van der Waals surface area contributed by atoms with E-state index in [9.17, 15) is 9.59 Å². The first-order valence-corrected chi connectivity index (χ1v) is 15.4. The fourth-order valence-corrected chi connectivity index (χ4v) is 6.84. The number of halogens is 1. The molecule has 9 heteroatoms. The molecule has 1 N–H and O–H groups in total. The van der Waals surface area contributed by atoms with Gasteiger partial charge in [0.05, 0.1) is 22.4 Å². The molecule has 3 heterocycles. The summed E-state index contributed by atoms with van der Waals surface area (Å²) in [6.45, 7) is 4.25. The maximum Gasteiger partial charge on any atom is 0.240 e. The van der Waals surface area contributed by atoms with Crippen molar-refractivity contribution in [2.45, 2.75) is 25.6 Å². The predicted molar refractivity (Wildman–Crippen MR) is 173 cm³/mol. The van der Waals surface area contributed by atoms with Crippen LogP contribution in [0.25, 0.3) is 16.9 Å². The molecule has 0 spiro atoms. The number of carbonyl (C=O) groups is 2. The highest BCUT2D eigenvalue weighted by Crippen LogP contribution is 2.50. The number of pyridine rings is 1. The summed E-state index contributed by atoms with van der Waals surface area (Å²) < 4.78 is 1.84. The first-order chi connectivity index (χ1) is 20.9. The van der Waals surface area contributed by atoms with Crippen LogP contribution in [0.5, 0.6) is 0 Å². The summed E-state index contributed by atoms with van der Waals surface area (Å²) >= 11 is 8.29. The van der Waals surface area contributed by atoms with Crippen molar-refractivity contribution in [2.24, 2.45) is 0 Å². The number of carbonyl (C=O) groups excluding carboxylic acids is 2. The average molecular weight is 608 g/mol. The molecule has 7 nitrogen and oxygen atoms in total. The monoisotopic (exact) mass is 607 g/mol. The van der Waals surface area contributed by atoms with Crippen LogP contribution in [0.4, 0.5) is 5.82 Å². The highest BCUT2D eigenvalue weighted by molar-refractivity contribution is 8.00. The molecule has 43 heavy (non-hydrogen) atoms. The summed E-state index contributed by atoms with van der Waals surface area (Å²) in [5.41, 5.74) is 7.24. The number of amides is 2. The number of fused-ring (bicyclic) bond motifs is 1. The normalized spacial score (nSPS) is 14.7. The highest BCUT2D eigenvalue weighted by atomic mass is 35.5. The first-order valence-electron chi connectivity index (χ1n) is 14.0. The van der Waals surface area contributed by atoms with Gasteiger partial charge in [0.25, 0.3) is 0 Å². The quantitative estimate of drug-likeness (QED) is 0.223. The number of nitrogens with zero attached hydrogens (tertiary/aromatic N) is 4. The van der Waals surface area contributed by atoms with Crippen LogP contribution in [0.3, 0.4) is 0 Å².